The standard InChI is InChI=1S/C9H8BrN/c10-8-5-4-7-6(8)2-1-3-9(7)11/h1-6H,11H2. The Morgan fingerprint density at radius 2 is 2.09 bits per heavy atom. The fraction of sp³-hybridized carbons (Fsp3) is 0.111. The molecular weight excluding hydrogens is 202 g/mol. The Bertz CT molecular complexity index is 308. The summed E-state index contributed by atoms with van der Waals surface area (Å²) in [6.45, 7) is 0. The van der Waals surface area contributed by atoms with Crippen LogP contribution < -0.4 is 5.73 Å². The summed E-state index contributed by atoms with van der Waals surface area (Å²) in [7, 11) is 0. The summed E-state index contributed by atoms with van der Waals surface area (Å²) in [6.07, 6.45) is 10.2. The molecular formula is C9H8BrN. The lowest BCUT2D eigenvalue weighted by atomic mass is 9.95. The number of fused-ring (bicyclic) bond motifs is 1. The maximum absolute atomic E-state index is 5.77. The third-order valence-corrected chi connectivity index (χ3v) is 2.72. The highest BCUT2D eigenvalue weighted by atomic mass is 79.9. The van der Waals surface area contributed by atoms with Crippen molar-refractivity contribution in [1.29, 1.82) is 0 Å². The van der Waals surface area contributed by atoms with Crippen molar-refractivity contribution < 1.29 is 0 Å². The molecule has 0 fully saturated rings. The average molecular weight is 210 g/mol. The van der Waals surface area contributed by atoms with Crippen molar-refractivity contribution in [2.45, 2.75) is 0 Å². The van der Waals surface area contributed by atoms with Crippen molar-refractivity contribution in [1.82, 2.24) is 0 Å². The summed E-state index contributed by atoms with van der Waals surface area (Å²) >= 11 is 3.48. The van der Waals surface area contributed by atoms with Gasteiger partial charge in [-0.25, -0.2) is 0 Å². The maximum atomic E-state index is 5.77. The van der Waals surface area contributed by atoms with Crippen molar-refractivity contribution in [2.24, 2.45) is 11.7 Å². The average Bonchev–Trinajstić information content (AvgIpc) is 2.35. The SMILES string of the molecule is NC1=CC=CC2C(Br)=CC=C12. The normalized spacial score (nSPS) is 27.4. The van der Waals surface area contributed by atoms with Crippen molar-refractivity contribution in [3.8, 4) is 0 Å². The van der Waals surface area contributed by atoms with Gasteiger partial charge in [0.05, 0.1) is 0 Å². The molecule has 1 unspecified atom stereocenters. The summed E-state index contributed by atoms with van der Waals surface area (Å²) in [5.41, 5.74) is 7.86. The van der Waals surface area contributed by atoms with Crippen LogP contribution in [0.4, 0.5) is 0 Å². The van der Waals surface area contributed by atoms with E-state index in [9.17, 15) is 0 Å². The topological polar surface area (TPSA) is 26.0 Å². The second-order valence-corrected chi connectivity index (χ2v) is 3.57. The highest BCUT2D eigenvalue weighted by molar-refractivity contribution is 9.11. The van der Waals surface area contributed by atoms with Crippen molar-refractivity contribution in [3.05, 3.63) is 46.1 Å². The van der Waals surface area contributed by atoms with Crippen LogP contribution in [-0.4, -0.2) is 0 Å². The molecule has 2 aliphatic rings. The molecule has 0 saturated carbocycles. The van der Waals surface area contributed by atoms with Gasteiger partial charge < -0.3 is 5.73 Å². The first kappa shape index (κ1) is 6.92. The predicted octanol–water partition coefficient (Wildman–Crippen LogP) is 2.23. The van der Waals surface area contributed by atoms with E-state index in [1.807, 2.05) is 12.2 Å². The molecule has 2 rings (SSSR count). The molecule has 0 aromatic rings. The van der Waals surface area contributed by atoms with Crippen LogP contribution in [0.3, 0.4) is 0 Å². The lowest BCUT2D eigenvalue weighted by molar-refractivity contribution is 0.965. The number of rotatable bonds is 0. The van der Waals surface area contributed by atoms with Crippen LogP contribution in [0.5, 0.6) is 0 Å². The zero-order valence-electron chi connectivity index (χ0n) is 5.92. The van der Waals surface area contributed by atoms with Crippen LogP contribution in [0.2, 0.25) is 0 Å². The van der Waals surface area contributed by atoms with Gasteiger partial charge in [0.1, 0.15) is 0 Å². The van der Waals surface area contributed by atoms with E-state index in [1.54, 1.807) is 0 Å². The summed E-state index contributed by atoms with van der Waals surface area (Å²) in [6, 6.07) is 0. The lowest BCUT2D eigenvalue weighted by Crippen LogP contribution is -2.09. The van der Waals surface area contributed by atoms with E-state index < -0.39 is 0 Å². The van der Waals surface area contributed by atoms with Crippen LogP contribution in [0.15, 0.2) is 46.1 Å². The predicted molar refractivity (Wildman–Crippen MR) is 50.0 cm³/mol. The largest absolute Gasteiger partial charge is 0.398 e. The molecule has 0 aromatic heterocycles. The summed E-state index contributed by atoms with van der Waals surface area (Å²) < 4.78 is 1.19. The van der Waals surface area contributed by atoms with E-state index in [-0.39, 0.29) is 0 Å². The highest BCUT2D eigenvalue weighted by Gasteiger charge is 2.21. The molecule has 0 bridgehead atoms. The first-order valence-electron chi connectivity index (χ1n) is 3.50. The van der Waals surface area contributed by atoms with Crippen LogP contribution in [0, 0.1) is 5.92 Å². The quantitative estimate of drug-likeness (QED) is 0.651. The number of allylic oxidation sites excluding steroid dienone is 7. The van der Waals surface area contributed by atoms with Gasteiger partial charge in [0.25, 0.3) is 0 Å². The lowest BCUT2D eigenvalue weighted by Gasteiger charge is -2.15. The fourth-order valence-electron chi connectivity index (χ4n) is 1.36. The number of nitrogens with two attached hydrogens (primary N) is 1. The minimum Gasteiger partial charge on any atom is -0.398 e. The smallest absolute Gasteiger partial charge is 0.0359 e. The minimum atomic E-state index is 0.375. The van der Waals surface area contributed by atoms with Gasteiger partial charge >= 0.3 is 0 Å². The molecule has 2 N–H and O–H groups in total. The minimum absolute atomic E-state index is 0.375. The van der Waals surface area contributed by atoms with Gasteiger partial charge in [0.2, 0.25) is 0 Å². The van der Waals surface area contributed by atoms with E-state index in [0.717, 1.165) is 5.70 Å². The Morgan fingerprint density at radius 1 is 1.27 bits per heavy atom. The van der Waals surface area contributed by atoms with Crippen molar-refractivity contribution in [3.63, 3.8) is 0 Å². The van der Waals surface area contributed by atoms with Gasteiger partial charge in [-0.15, -0.1) is 0 Å². The van der Waals surface area contributed by atoms with E-state index >= 15 is 0 Å². The molecule has 0 amide bonds. The fourth-order valence-corrected chi connectivity index (χ4v) is 1.89. The van der Waals surface area contributed by atoms with E-state index in [4.69, 9.17) is 5.73 Å². The van der Waals surface area contributed by atoms with Crippen LogP contribution in [-0.2, 0) is 0 Å². The molecule has 2 aliphatic carbocycles. The zero-order chi connectivity index (χ0) is 7.84. The monoisotopic (exact) mass is 209 g/mol. The van der Waals surface area contributed by atoms with Gasteiger partial charge in [-0.05, 0) is 11.6 Å². The van der Waals surface area contributed by atoms with E-state index in [0.29, 0.717) is 5.92 Å². The Labute approximate surface area is 74.1 Å². The van der Waals surface area contributed by atoms with Gasteiger partial charge in [-0.1, -0.05) is 40.2 Å². The van der Waals surface area contributed by atoms with Gasteiger partial charge in [0, 0.05) is 16.1 Å². The number of halogens is 1. The molecule has 0 aromatic carbocycles. The van der Waals surface area contributed by atoms with Crippen molar-refractivity contribution >= 4 is 15.9 Å². The Morgan fingerprint density at radius 3 is 2.82 bits per heavy atom. The van der Waals surface area contributed by atoms with E-state index in [1.165, 1.54) is 10.1 Å². The number of hydrogen-bond donors (Lipinski definition) is 1. The molecule has 1 atom stereocenters. The summed E-state index contributed by atoms with van der Waals surface area (Å²) in [4.78, 5) is 0. The van der Waals surface area contributed by atoms with Crippen molar-refractivity contribution in [2.75, 3.05) is 0 Å². The second kappa shape index (κ2) is 2.38. The molecule has 11 heavy (non-hydrogen) atoms. The summed E-state index contributed by atoms with van der Waals surface area (Å²) in [5, 5.41) is 0. The first-order valence-corrected chi connectivity index (χ1v) is 4.30. The molecule has 2 heteroatoms. The zero-order valence-corrected chi connectivity index (χ0v) is 7.51. The third-order valence-electron chi connectivity index (χ3n) is 1.97. The molecule has 0 radical (unpaired) electrons. The van der Waals surface area contributed by atoms with Gasteiger partial charge in [0.15, 0.2) is 0 Å². The van der Waals surface area contributed by atoms with Crippen LogP contribution >= 0.6 is 15.9 Å². The highest BCUT2D eigenvalue weighted by Crippen LogP contribution is 2.36. The molecule has 0 saturated heterocycles. The first-order chi connectivity index (χ1) is 5.29. The van der Waals surface area contributed by atoms with Gasteiger partial charge in [-0.2, -0.15) is 0 Å². The second-order valence-electron chi connectivity index (χ2n) is 2.66. The van der Waals surface area contributed by atoms with Gasteiger partial charge in [-0.3, -0.25) is 0 Å². The Hall–Kier alpha value is -0.760. The molecule has 56 valence electrons. The molecule has 1 nitrogen and oxygen atoms in total. The Balaban J connectivity index is 2.42. The molecule has 0 heterocycles. The van der Waals surface area contributed by atoms with Crippen LogP contribution in [0.25, 0.3) is 0 Å². The van der Waals surface area contributed by atoms with Crippen LogP contribution in [0.1, 0.15) is 0 Å². The molecule has 0 aliphatic heterocycles. The number of hydrogen-bond acceptors (Lipinski definition) is 1. The maximum Gasteiger partial charge on any atom is 0.0359 e. The van der Waals surface area contributed by atoms with E-state index in [2.05, 4.69) is 34.2 Å². The summed E-state index contributed by atoms with van der Waals surface area (Å²) in [5.74, 6) is 0.375. The third kappa shape index (κ3) is 0.979. The molecule has 0 spiro atoms. The Kier molecular flexibility index (Phi) is 1.50.